The zero-order chi connectivity index (χ0) is 19.9. The average molecular weight is 383 g/mol. The quantitative estimate of drug-likeness (QED) is 0.752. The molecule has 1 aromatic heterocycles. The minimum absolute atomic E-state index is 0.0157. The van der Waals surface area contributed by atoms with Crippen LogP contribution in [0.4, 0.5) is 0 Å². The van der Waals surface area contributed by atoms with E-state index in [-0.39, 0.29) is 24.2 Å². The lowest BCUT2D eigenvalue weighted by Crippen LogP contribution is -2.33. The number of benzene rings is 1. The number of nitrogens with zero attached hydrogens (tertiary/aromatic N) is 2. The Balaban J connectivity index is 1.51. The van der Waals surface area contributed by atoms with Crippen molar-refractivity contribution in [1.82, 2.24) is 15.2 Å². The standard InChI is InChI=1S/C21H25N3O4/c1-27-18-6-5-15(10-19(18)28-2)7-9-24-14-17(11-20(24)25)21(26)23-13-16-4-3-8-22-12-16/h3-6,8,10,12,17H,7,9,11,13-14H2,1-2H3,(H,23,26)/t17-/m1/s1. The number of nitrogens with one attached hydrogen (secondary N) is 1. The number of rotatable bonds is 8. The summed E-state index contributed by atoms with van der Waals surface area (Å²) in [5, 5.41) is 2.90. The minimum atomic E-state index is -0.311. The second-order valence-electron chi connectivity index (χ2n) is 6.76. The minimum Gasteiger partial charge on any atom is -0.493 e. The Kier molecular flexibility index (Phi) is 6.47. The molecule has 0 radical (unpaired) electrons. The third-order valence-corrected chi connectivity index (χ3v) is 4.89. The Bertz CT molecular complexity index is 826. The van der Waals surface area contributed by atoms with Crippen LogP contribution in [-0.4, -0.2) is 49.0 Å². The van der Waals surface area contributed by atoms with Crippen LogP contribution in [0.3, 0.4) is 0 Å². The number of hydrogen-bond donors (Lipinski definition) is 1. The highest BCUT2D eigenvalue weighted by molar-refractivity contribution is 5.89. The number of carbonyl (C=O) groups is 2. The number of carbonyl (C=O) groups excluding carboxylic acids is 2. The van der Waals surface area contributed by atoms with E-state index in [2.05, 4.69) is 10.3 Å². The molecule has 1 N–H and O–H groups in total. The van der Waals surface area contributed by atoms with E-state index >= 15 is 0 Å². The Morgan fingerprint density at radius 1 is 1.21 bits per heavy atom. The Labute approximate surface area is 164 Å². The number of hydrogen-bond acceptors (Lipinski definition) is 5. The van der Waals surface area contributed by atoms with Crippen molar-refractivity contribution in [3.8, 4) is 11.5 Å². The average Bonchev–Trinajstić information content (AvgIpc) is 3.11. The lowest BCUT2D eigenvalue weighted by atomic mass is 10.1. The van der Waals surface area contributed by atoms with Crippen molar-refractivity contribution < 1.29 is 19.1 Å². The van der Waals surface area contributed by atoms with Crippen LogP contribution in [0.2, 0.25) is 0 Å². The fraction of sp³-hybridized carbons (Fsp3) is 0.381. The van der Waals surface area contributed by atoms with Gasteiger partial charge in [0.1, 0.15) is 0 Å². The first-order valence-corrected chi connectivity index (χ1v) is 9.26. The van der Waals surface area contributed by atoms with Gasteiger partial charge >= 0.3 is 0 Å². The van der Waals surface area contributed by atoms with E-state index in [0.29, 0.717) is 37.6 Å². The SMILES string of the molecule is COc1ccc(CCN2C[C@H](C(=O)NCc3cccnc3)CC2=O)cc1OC. The molecule has 1 saturated heterocycles. The molecular weight excluding hydrogens is 358 g/mol. The van der Waals surface area contributed by atoms with Crippen molar-refractivity contribution in [3.05, 3.63) is 53.9 Å². The smallest absolute Gasteiger partial charge is 0.225 e. The maximum absolute atomic E-state index is 12.4. The van der Waals surface area contributed by atoms with Gasteiger partial charge < -0.3 is 19.7 Å². The summed E-state index contributed by atoms with van der Waals surface area (Å²) in [6, 6.07) is 9.46. The molecule has 1 atom stereocenters. The molecule has 7 nitrogen and oxygen atoms in total. The van der Waals surface area contributed by atoms with Crippen molar-refractivity contribution in [1.29, 1.82) is 0 Å². The molecule has 1 aliphatic heterocycles. The number of ether oxygens (including phenoxy) is 2. The van der Waals surface area contributed by atoms with Gasteiger partial charge in [0.05, 0.1) is 20.1 Å². The molecule has 1 aliphatic rings. The number of amides is 2. The van der Waals surface area contributed by atoms with Gasteiger partial charge in [0.25, 0.3) is 0 Å². The summed E-state index contributed by atoms with van der Waals surface area (Å²) in [4.78, 5) is 30.5. The molecule has 0 aliphatic carbocycles. The van der Waals surface area contributed by atoms with Gasteiger partial charge in [0, 0.05) is 38.4 Å². The molecular formula is C21H25N3O4. The van der Waals surface area contributed by atoms with E-state index in [0.717, 1.165) is 11.1 Å². The van der Waals surface area contributed by atoms with E-state index < -0.39 is 0 Å². The number of aromatic nitrogens is 1. The first kappa shape index (κ1) is 19.7. The van der Waals surface area contributed by atoms with Crippen LogP contribution in [0.5, 0.6) is 11.5 Å². The van der Waals surface area contributed by atoms with E-state index in [4.69, 9.17) is 9.47 Å². The van der Waals surface area contributed by atoms with Crippen molar-refractivity contribution in [3.63, 3.8) is 0 Å². The van der Waals surface area contributed by atoms with Gasteiger partial charge in [-0.2, -0.15) is 0 Å². The largest absolute Gasteiger partial charge is 0.493 e. The Hall–Kier alpha value is -3.09. The molecule has 2 aromatic rings. The van der Waals surface area contributed by atoms with Crippen LogP contribution in [0, 0.1) is 5.92 Å². The number of likely N-dealkylation sites (tertiary alicyclic amines) is 1. The van der Waals surface area contributed by atoms with Crippen molar-refractivity contribution in [2.75, 3.05) is 27.3 Å². The topological polar surface area (TPSA) is 80.8 Å². The van der Waals surface area contributed by atoms with Crippen LogP contribution < -0.4 is 14.8 Å². The predicted octanol–water partition coefficient (Wildman–Crippen LogP) is 1.81. The molecule has 0 bridgehead atoms. The van der Waals surface area contributed by atoms with E-state index in [1.54, 1.807) is 31.5 Å². The lowest BCUT2D eigenvalue weighted by Gasteiger charge is -2.17. The molecule has 0 saturated carbocycles. The van der Waals surface area contributed by atoms with Crippen LogP contribution >= 0.6 is 0 Å². The van der Waals surface area contributed by atoms with Crippen molar-refractivity contribution >= 4 is 11.8 Å². The highest BCUT2D eigenvalue weighted by Crippen LogP contribution is 2.28. The van der Waals surface area contributed by atoms with Crippen molar-refractivity contribution in [2.45, 2.75) is 19.4 Å². The molecule has 7 heteroatoms. The summed E-state index contributed by atoms with van der Waals surface area (Å²) < 4.78 is 10.6. The highest BCUT2D eigenvalue weighted by Gasteiger charge is 2.33. The van der Waals surface area contributed by atoms with Crippen LogP contribution in [0.1, 0.15) is 17.5 Å². The van der Waals surface area contributed by atoms with Crippen LogP contribution in [0.25, 0.3) is 0 Å². The molecule has 1 fully saturated rings. The van der Waals surface area contributed by atoms with Crippen molar-refractivity contribution in [2.24, 2.45) is 5.92 Å². The second kappa shape index (κ2) is 9.21. The number of methoxy groups -OCH3 is 2. The Morgan fingerprint density at radius 2 is 2.04 bits per heavy atom. The van der Waals surface area contributed by atoms with E-state index in [1.165, 1.54) is 0 Å². The summed E-state index contributed by atoms with van der Waals surface area (Å²) in [7, 11) is 3.19. The summed E-state index contributed by atoms with van der Waals surface area (Å²) in [6.07, 6.45) is 4.35. The molecule has 28 heavy (non-hydrogen) atoms. The Morgan fingerprint density at radius 3 is 2.75 bits per heavy atom. The van der Waals surface area contributed by atoms with E-state index in [1.807, 2.05) is 30.3 Å². The van der Waals surface area contributed by atoms with Crippen LogP contribution in [-0.2, 0) is 22.6 Å². The van der Waals surface area contributed by atoms with E-state index in [9.17, 15) is 9.59 Å². The summed E-state index contributed by atoms with van der Waals surface area (Å²) in [6.45, 7) is 1.44. The van der Waals surface area contributed by atoms with Crippen LogP contribution in [0.15, 0.2) is 42.7 Å². The molecule has 148 valence electrons. The molecule has 0 unspecified atom stereocenters. The normalized spacial score (nSPS) is 16.1. The zero-order valence-corrected chi connectivity index (χ0v) is 16.2. The maximum Gasteiger partial charge on any atom is 0.225 e. The third-order valence-electron chi connectivity index (χ3n) is 4.89. The molecule has 2 heterocycles. The lowest BCUT2D eigenvalue weighted by molar-refractivity contribution is -0.129. The monoisotopic (exact) mass is 383 g/mol. The number of pyridine rings is 1. The van der Waals surface area contributed by atoms with Gasteiger partial charge in [-0.05, 0) is 35.7 Å². The first-order chi connectivity index (χ1) is 13.6. The highest BCUT2D eigenvalue weighted by atomic mass is 16.5. The van der Waals surface area contributed by atoms with Gasteiger partial charge in [-0.15, -0.1) is 0 Å². The fourth-order valence-corrected chi connectivity index (χ4v) is 3.30. The predicted molar refractivity (Wildman–Crippen MR) is 104 cm³/mol. The van der Waals surface area contributed by atoms with Gasteiger partial charge in [-0.25, -0.2) is 0 Å². The fourth-order valence-electron chi connectivity index (χ4n) is 3.30. The van der Waals surface area contributed by atoms with Gasteiger partial charge in [-0.3, -0.25) is 14.6 Å². The van der Waals surface area contributed by atoms with Gasteiger partial charge in [0.2, 0.25) is 11.8 Å². The summed E-state index contributed by atoms with van der Waals surface area (Å²) in [5.74, 6) is 0.955. The maximum atomic E-state index is 12.4. The van der Waals surface area contributed by atoms with Gasteiger partial charge in [0.15, 0.2) is 11.5 Å². The van der Waals surface area contributed by atoms with Gasteiger partial charge in [-0.1, -0.05) is 12.1 Å². The molecule has 0 spiro atoms. The first-order valence-electron chi connectivity index (χ1n) is 9.26. The summed E-state index contributed by atoms with van der Waals surface area (Å²) in [5.41, 5.74) is 1.99. The molecule has 2 amide bonds. The summed E-state index contributed by atoms with van der Waals surface area (Å²) >= 11 is 0. The molecule has 3 rings (SSSR count). The third kappa shape index (κ3) is 4.79. The second-order valence-corrected chi connectivity index (χ2v) is 6.76. The zero-order valence-electron chi connectivity index (χ0n) is 16.2. The molecule has 1 aromatic carbocycles.